The highest BCUT2D eigenvalue weighted by Gasteiger charge is 2.36. The smallest absolute Gasteiger partial charge is 0.303 e. The summed E-state index contributed by atoms with van der Waals surface area (Å²) in [5.41, 5.74) is 2.19. The van der Waals surface area contributed by atoms with Crippen LogP contribution in [-0.2, 0) is 22.6 Å². The number of piperidine rings is 2. The largest absolute Gasteiger partial charge is 0.497 e. The molecule has 8 nitrogen and oxygen atoms in total. The van der Waals surface area contributed by atoms with Gasteiger partial charge in [-0.2, -0.15) is 0 Å². The van der Waals surface area contributed by atoms with Gasteiger partial charge in [-0.3, -0.25) is 14.4 Å². The standard InChI is InChI=1S/C29H37N3O5/c1-37-25-7-5-20(6-8-25)14-28(34)31-12-10-22(15-29(35)36)23(19-31)9-11-30-16-21-13-24(18-30)26-3-2-4-27(33)32(26)17-21/h2-8,21-24H,9-19H2,1H3,(H,35,36). The number of rotatable bonds is 8. The summed E-state index contributed by atoms with van der Waals surface area (Å²) in [5, 5.41) is 9.51. The number of fused-ring (bicyclic) bond motifs is 4. The fourth-order valence-corrected chi connectivity index (χ4v) is 6.68. The van der Waals surface area contributed by atoms with E-state index in [-0.39, 0.29) is 29.7 Å². The molecule has 2 bridgehead atoms. The topological polar surface area (TPSA) is 92.1 Å². The molecule has 0 spiro atoms. The first-order valence-corrected chi connectivity index (χ1v) is 13.4. The molecule has 4 heterocycles. The Morgan fingerprint density at radius 3 is 2.59 bits per heavy atom. The Bertz CT molecular complexity index is 1180. The Labute approximate surface area is 217 Å². The number of carbonyl (C=O) groups excluding carboxylic acids is 1. The number of nitrogens with zero attached hydrogens (tertiary/aromatic N) is 3. The van der Waals surface area contributed by atoms with E-state index in [1.54, 1.807) is 13.2 Å². The molecule has 198 valence electrons. The van der Waals surface area contributed by atoms with Gasteiger partial charge in [0, 0.05) is 56.8 Å². The number of carboxylic acids is 1. The van der Waals surface area contributed by atoms with Crippen LogP contribution in [0.15, 0.2) is 47.3 Å². The summed E-state index contributed by atoms with van der Waals surface area (Å²) >= 11 is 0. The molecule has 3 aliphatic heterocycles. The van der Waals surface area contributed by atoms with Crippen LogP contribution in [0.5, 0.6) is 5.75 Å². The van der Waals surface area contributed by atoms with Gasteiger partial charge in [0.2, 0.25) is 5.91 Å². The van der Waals surface area contributed by atoms with E-state index >= 15 is 0 Å². The Balaban J connectivity index is 1.21. The molecule has 4 unspecified atom stereocenters. The molecule has 0 saturated carbocycles. The summed E-state index contributed by atoms with van der Waals surface area (Å²) in [4.78, 5) is 41.4. The van der Waals surface area contributed by atoms with Gasteiger partial charge in [0.1, 0.15) is 5.75 Å². The van der Waals surface area contributed by atoms with Crippen LogP contribution in [0, 0.1) is 17.8 Å². The first kappa shape index (κ1) is 25.5. The second-order valence-electron chi connectivity index (χ2n) is 11.0. The molecule has 4 atom stereocenters. The molecule has 2 aromatic rings. The third kappa shape index (κ3) is 5.90. The van der Waals surface area contributed by atoms with Gasteiger partial charge < -0.3 is 24.2 Å². The molecule has 3 aliphatic rings. The van der Waals surface area contributed by atoms with Crippen molar-refractivity contribution in [1.82, 2.24) is 14.4 Å². The van der Waals surface area contributed by atoms with Crippen LogP contribution in [0.4, 0.5) is 0 Å². The van der Waals surface area contributed by atoms with Gasteiger partial charge in [-0.05, 0) is 67.3 Å². The van der Waals surface area contributed by atoms with E-state index in [0.29, 0.717) is 31.3 Å². The highest BCUT2D eigenvalue weighted by atomic mass is 16.5. The number of likely N-dealkylation sites (tertiary alicyclic amines) is 2. The lowest BCUT2D eigenvalue weighted by Gasteiger charge is -2.44. The maximum atomic E-state index is 13.1. The Morgan fingerprint density at radius 1 is 1.03 bits per heavy atom. The van der Waals surface area contributed by atoms with Crippen LogP contribution in [0.2, 0.25) is 0 Å². The first-order valence-electron chi connectivity index (χ1n) is 13.4. The van der Waals surface area contributed by atoms with E-state index in [1.807, 2.05) is 39.8 Å². The molecular formula is C29H37N3O5. The van der Waals surface area contributed by atoms with E-state index in [0.717, 1.165) is 62.4 Å². The van der Waals surface area contributed by atoms with E-state index in [9.17, 15) is 19.5 Å². The minimum Gasteiger partial charge on any atom is -0.497 e. The number of benzene rings is 1. The monoisotopic (exact) mass is 507 g/mol. The van der Waals surface area contributed by atoms with Gasteiger partial charge in [0.25, 0.3) is 5.56 Å². The number of hydrogen-bond donors (Lipinski definition) is 1. The van der Waals surface area contributed by atoms with Crippen LogP contribution in [-0.4, -0.2) is 71.2 Å². The van der Waals surface area contributed by atoms with Crippen LogP contribution >= 0.6 is 0 Å². The van der Waals surface area contributed by atoms with Crippen LogP contribution in [0.25, 0.3) is 0 Å². The normalized spacial score (nSPS) is 25.4. The minimum atomic E-state index is -0.762. The average molecular weight is 508 g/mol. The number of methoxy groups -OCH3 is 1. The van der Waals surface area contributed by atoms with E-state index in [1.165, 1.54) is 0 Å². The van der Waals surface area contributed by atoms with Gasteiger partial charge in [-0.25, -0.2) is 0 Å². The quantitative estimate of drug-likeness (QED) is 0.591. The zero-order valence-corrected chi connectivity index (χ0v) is 21.6. The number of carboxylic acid groups (broad SMARTS) is 1. The molecule has 0 aliphatic carbocycles. The highest BCUT2D eigenvalue weighted by Crippen LogP contribution is 2.36. The third-order valence-corrected chi connectivity index (χ3v) is 8.57. The number of pyridine rings is 1. The molecule has 8 heteroatoms. The second-order valence-corrected chi connectivity index (χ2v) is 11.0. The molecule has 0 radical (unpaired) electrons. The fourth-order valence-electron chi connectivity index (χ4n) is 6.68. The number of hydrogen-bond acceptors (Lipinski definition) is 5. The second kappa shape index (κ2) is 11.1. The summed E-state index contributed by atoms with van der Waals surface area (Å²) in [7, 11) is 1.62. The molecule has 1 aromatic carbocycles. The Hall–Kier alpha value is -3.13. The predicted octanol–water partition coefficient (Wildman–Crippen LogP) is 2.85. The summed E-state index contributed by atoms with van der Waals surface area (Å²) in [5.74, 6) is 1.19. The summed E-state index contributed by atoms with van der Waals surface area (Å²) in [6.45, 7) is 4.80. The van der Waals surface area contributed by atoms with Gasteiger partial charge in [-0.1, -0.05) is 18.2 Å². The van der Waals surface area contributed by atoms with Crippen LogP contribution in [0.1, 0.15) is 42.9 Å². The van der Waals surface area contributed by atoms with Gasteiger partial charge in [0.05, 0.1) is 13.5 Å². The van der Waals surface area contributed by atoms with Crippen molar-refractivity contribution >= 4 is 11.9 Å². The van der Waals surface area contributed by atoms with Crippen LogP contribution < -0.4 is 10.3 Å². The molecule has 1 N–H and O–H groups in total. The van der Waals surface area contributed by atoms with Crippen molar-refractivity contribution in [2.45, 2.75) is 44.6 Å². The van der Waals surface area contributed by atoms with Crippen molar-refractivity contribution in [3.8, 4) is 5.75 Å². The molecule has 37 heavy (non-hydrogen) atoms. The molecular weight excluding hydrogens is 470 g/mol. The number of aromatic nitrogens is 1. The molecule has 2 saturated heterocycles. The van der Waals surface area contributed by atoms with Crippen molar-refractivity contribution in [2.75, 3.05) is 39.8 Å². The van der Waals surface area contributed by atoms with Crippen molar-refractivity contribution in [3.05, 3.63) is 64.1 Å². The van der Waals surface area contributed by atoms with E-state index < -0.39 is 5.97 Å². The van der Waals surface area contributed by atoms with Gasteiger partial charge >= 0.3 is 5.97 Å². The lowest BCUT2D eigenvalue weighted by Crippen LogP contribution is -2.49. The average Bonchev–Trinajstić information content (AvgIpc) is 2.89. The first-order chi connectivity index (χ1) is 17.9. The summed E-state index contributed by atoms with van der Waals surface area (Å²) in [6, 6.07) is 13.2. The predicted molar refractivity (Wildman–Crippen MR) is 140 cm³/mol. The summed E-state index contributed by atoms with van der Waals surface area (Å²) in [6.07, 6.45) is 3.23. The molecule has 1 amide bonds. The minimum absolute atomic E-state index is 0.0890. The number of ether oxygens (including phenoxy) is 1. The number of aliphatic carboxylic acids is 1. The Kier molecular flexibility index (Phi) is 7.65. The maximum absolute atomic E-state index is 13.1. The number of carbonyl (C=O) groups is 2. The van der Waals surface area contributed by atoms with Gasteiger partial charge in [0.15, 0.2) is 0 Å². The van der Waals surface area contributed by atoms with Crippen molar-refractivity contribution < 1.29 is 19.4 Å². The van der Waals surface area contributed by atoms with Gasteiger partial charge in [-0.15, -0.1) is 0 Å². The van der Waals surface area contributed by atoms with Crippen molar-refractivity contribution in [3.63, 3.8) is 0 Å². The number of amides is 1. The lowest BCUT2D eigenvalue weighted by molar-refractivity contribution is -0.139. The highest BCUT2D eigenvalue weighted by molar-refractivity contribution is 5.79. The summed E-state index contributed by atoms with van der Waals surface area (Å²) < 4.78 is 7.16. The molecule has 1 aromatic heterocycles. The maximum Gasteiger partial charge on any atom is 0.303 e. The zero-order valence-electron chi connectivity index (χ0n) is 21.6. The van der Waals surface area contributed by atoms with E-state index in [2.05, 4.69) is 11.0 Å². The zero-order chi connectivity index (χ0) is 25.9. The van der Waals surface area contributed by atoms with Crippen molar-refractivity contribution in [1.29, 1.82) is 0 Å². The van der Waals surface area contributed by atoms with E-state index in [4.69, 9.17) is 4.74 Å². The SMILES string of the molecule is COc1ccc(CC(=O)N2CCC(CC(=O)O)C(CCN3CC4CC(C3)c3cccc(=O)n3C4)C2)cc1. The molecule has 2 fully saturated rings. The fraction of sp³-hybridized carbons (Fsp3) is 0.552. The molecule has 5 rings (SSSR count). The van der Waals surface area contributed by atoms with Crippen LogP contribution in [0.3, 0.4) is 0 Å². The van der Waals surface area contributed by atoms with Crippen molar-refractivity contribution in [2.24, 2.45) is 17.8 Å². The lowest BCUT2D eigenvalue weighted by atomic mass is 9.80. The third-order valence-electron chi connectivity index (χ3n) is 8.57. The Morgan fingerprint density at radius 2 is 1.84 bits per heavy atom.